The largest absolute Gasteiger partial charge is 0.325 e. The molecule has 0 aromatic heterocycles. The fourth-order valence-electron chi connectivity index (χ4n) is 3.54. The standard InChI is InChI=1S/C23H28N4O5S/c1-14(2)12-19(27-33(31,32)18-10-8-15(3)9-11-18)20(28)24-17-7-5-6-16(13-17)23(4)21(29)25-22(30)26-23/h5-11,13-14,19,27H,12H2,1-4H3,(H,24,28)(H2,25,26,29,30)/t19-,23-/m0/s1. The maximum atomic E-state index is 13.1. The number of urea groups is 1. The Balaban J connectivity index is 1.81. The maximum absolute atomic E-state index is 13.1. The molecule has 176 valence electrons. The Morgan fingerprint density at radius 1 is 1.09 bits per heavy atom. The lowest BCUT2D eigenvalue weighted by atomic mass is 9.92. The summed E-state index contributed by atoms with van der Waals surface area (Å²) in [4.78, 5) is 36.9. The molecule has 0 saturated carbocycles. The molecule has 0 aliphatic carbocycles. The molecule has 4 N–H and O–H groups in total. The minimum absolute atomic E-state index is 0.0455. The fraction of sp³-hybridized carbons (Fsp3) is 0.348. The lowest BCUT2D eigenvalue weighted by molar-refractivity contribution is -0.123. The molecule has 4 amide bonds. The number of anilines is 1. The molecule has 3 rings (SSSR count). The van der Waals surface area contributed by atoms with Crippen LogP contribution in [-0.2, 0) is 25.2 Å². The van der Waals surface area contributed by atoms with Crippen LogP contribution in [0.15, 0.2) is 53.4 Å². The van der Waals surface area contributed by atoms with Gasteiger partial charge in [0.25, 0.3) is 5.91 Å². The van der Waals surface area contributed by atoms with E-state index in [-0.39, 0.29) is 17.2 Å². The molecule has 10 heteroatoms. The molecule has 1 fully saturated rings. The number of carbonyl (C=O) groups excluding carboxylic acids is 3. The van der Waals surface area contributed by atoms with Crippen LogP contribution in [0.5, 0.6) is 0 Å². The first-order valence-corrected chi connectivity index (χ1v) is 12.0. The van der Waals surface area contributed by atoms with Gasteiger partial charge in [0, 0.05) is 5.69 Å². The third kappa shape index (κ3) is 5.58. The Morgan fingerprint density at radius 3 is 2.33 bits per heavy atom. The van der Waals surface area contributed by atoms with Gasteiger partial charge in [-0.1, -0.05) is 43.7 Å². The Kier molecular flexibility index (Phi) is 6.89. The molecule has 1 aliphatic heterocycles. The highest BCUT2D eigenvalue weighted by Gasteiger charge is 2.43. The number of benzene rings is 2. The molecule has 0 radical (unpaired) electrons. The van der Waals surface area contributed by atoms with Crippen molar-refractivity contribution >= 4 is 33.6 Å². The van der Waals surface area contributed by atoms with Gasteiger partial charge >= 0.3 is 6.03 Å². The van der Waals surface area contributed by atoms with Crippen LogP contribution in [0.2, 0.25) is 0 Å². The van der Waals surface area contributed by atoms with E-state index in [2.05, 4.69) is 20.7 Å². The van der Waals surface area contributed by atoms with Gasteiger partial charge in [-0.05, 0) is 56.0 Å². The molecule has 0 unspecified atom stereocenters. The number of amides is 4. The lowest BCUT2D eigenvalue weighted by Crippen LogP contribution is -2.44. The van der Waals surface area contributed by atoms with Crippen LogP contribution >= 0.6 is 0 Å². The SMILES string of the molecule is Cc1ccc(S(=O)(=O)N[C@@H](CC(C)C)C(=O)Nc2cccc([C@]3(C)NC(=O)NC3=O)c2)cc1. The first kappa shape index (κ1) is 24.4. The summed E-state index contributed by atoms with van der Waals surface area (Å²) >= 11 is 0. The summed E-state index contributed by atoms with van der Waals surface area (Å²) in [6.45, 7) is 7.20. The molecule has 9 nitrogen and oxygen atoms in total. The number of nitrogens with one attached hydrogen (secondary N) is 4. The average molecular weight is 473 g/mol. The second kappa shape index (κ2) is 9.32. The summed E-state index contributed by atoms with van der Waals surface area (Å²) in [6.07, 6.45) is 0.285. The highest BCUT2D eigenvalue weighted by atomic mass is 32.2. The third-order valence-corrected chi connectivity index (χ3v) is 6.89. The van der Waals surface area contributed by atoms with Crippen molar-refractivity contribution in [3.05, 3.63) is 59.7 Å². The van der Waals surface area contributed by atoms with Gasteiger partial charge in [-0.2, -0.15) is 4.72 Å². The predicted molar refractivity (Wildman–Crippen MR) is 124 cm³/mol. The quantitative estimate of drug-likeness (QED) is 0.438. The molecular formula is C23H28N4O5S. The molecule has 2 atom stereocenters. The van der Waals surface area contributed by atoms with Gasteiger partial charge in [-0.25, -0.2) is 13.2 Å². The number of aryl methyl sites for hydroxylation is 1. The topological polar surface area (TPSA) is 133 Å². The Hall–Kier alpha value is -3.24. The highest BCUT2D eigenvalue weighted by Crippen LogP contribution is 2.26. The zero-order chi connectivity index (χ0) is 24.4. The van der Waals surface area contributed by atoms with Gasteiger partial charge in [0.1, 0.15) is 11.6 Å². The van der Waals surface area contributed by atoms with Crippen LogP contribution in [0, 0.1) is 12.8 Å². The zero-order valence-corrected chi connectivity index (χ0v) is 19.7. The monoisotopic (exact) mass is 472 g/mol. The summed E-state index contributed by atoms with van der Waals surface area (Å²) in [6, 6.07) is 11.3. The number of imide groups is 1. The van der Waals surface area contributed by atoms with Crippen molar-refractivity contribution < 1.29 is 22.8 Å². The van der Waals surface area contributed by atoms with E-state index in [1.54, 1.807) is 43.3 Å². The number of carbonyl (C=O) groups is 3. The number of hydrogen-bond donors (Lipinski definition) is 4. The first-order chi connectivity index (χ1) is 15.4. The maximum Gasteiger partial charge on any atom is 0.322 e. The summed E-state index contributed by atoms with van der Waals surface area (Å²) in [5.41, 5.74) is 0.494. The van der Waals surface area contributed by atoms with Crippen molar-refractivity contribution in [2.45, 2.75) is 50.6 Å². The molecule has 0 spiro atoms. The summed E-state index contributed by atoms with van der Waals surface area (Å²) in [5, 5.41) is 7.50. The van der Waals surface area contributed by atoms with E-state index in [0.717, 1.165) is 5.56 Å². The van der Waals surface area contributed by atoms with Gasteiger partial charge in [0.15, 0.2) is 0 Å². The van der Waals surface area contributed by atoms with Crippen LogP contribution < -0.4 is 20.7 Å². The molecule has 1 heterocycles. The van der Waals surface area contributed by atoms with Crippen LogP contribution in [0.4, 0.5) is 10.5 Å². The highest BCUT2D eigenvalue weighted by molar-refractivity contribution is 7.89. The molecule has 0 bridgehead atoms. The van der Waals surface area contributed by atoms with Crippen LogP contribution in [0.1, 0.15) is 38.3 Å². The predicted octanol–water partition coefficient (Wildman–Crippen LogP) is 2.38. The smallest absolute Gasteiger partial charge is 0.322 e. The van der Waals surface area contributed by atoms with E-state index in [9.17, 15) is 22.8 Å². The van der Waals surface area contributed by atoms with E-state index < -0.39 is 39.4 Å². The Bertz CT molecular complexity index is 1180. The Labute approximate surface area is 193 Å². The van der Waals surface area contributed by atoms with Crippen LogP contribution in [-0.4, -0.2) is 32.3 Å². The number of hydrogen-bond acceptors (Lipinski definition) is 5. The molecule has 2 aromatic carbocycles. The molecular weight excluding hydrogens is 444 g/mol. The van der Waals surface area contributed by atoms with Crippen molar-refractivity contribution in [3.8, 4) is 0 Å². The van der Waals surface area contributed by atoms with E-state index in [0.29, 0.717) is 11.3 Å². The molecule has 1 aliphatic rings. The van der Waals surface area contributed by atoms with Crippen molar-refractivity contribution in [3.63, 3.8) is 0 Å². The van der Waals surface area contributed by atoms with Crippen LogP contribution in [0.3, 0.4) is 0 Å². The average Bonchev–Trinajstić information content (AvgIpc) is 3.00. The molecule has 2 aromatic rings. The summed E-state index contributed by atoms with van der Waals surface area (Å²) in [7, 11) is -3.91. The van der Waals surface area contributed by atoms with Gasteiger partial charge in [0.05, 0.1) is 4.90 Å². The zero-order valence-electron chi connectivity index (χ0n) is 18.9. The first-order valence-electron chi connectivity index (χ1n) is 10.5. The molecule has 33 heavy (non-hydrogen) atoms. The number of rotatable bonds is 8. The third-order valence-electron chi connectivity index (χ3n) is 5.40. The van der Waals surface area contributed by atoms with E-state index >= 15 is 0 Å². The van der Waals surface area contributed by atoms with Gasteiger partial charge in [-0.15, -0.1) is 0 Å². The van der Waals surface area contributed by atoms with E-state index in [1.807, 2.05) is 20.8 Å². The van der Waals surface area contributed by atoms with Crippen molar-refractivity contribution in [1.82, 2.24) is 15.4 Å². The van der Waals surface area contributed by atoms with Crippen molar-refractivity contribution in [2.24, 2.45) is 5.92 Å². The van der Waals surface area contributed by atoms with E-state index in [1.165, 1.54) is 12.1 Å². The second-order valence-electron chi connectivity index (χ2n) is 8.72. The fourth-order valence-corrected chi connectivity index (χ4v) is 4.74. The van der Waals surface area contributed by atoms with Gasteiger partial charge in [0.2, 0.25) is 15.9 Å². The van der Waals surface area contributed by atoms with Crippen molar-refractivity contribution in [1.29, 1.82) is 0 Å². The lowest BCUT2D eigenvalue weighted by Gasteiger charge is -2.23. The number of sulfonamides is 1. The normalized spacial score (nSPS) is 19.2. The summed E-state index contributed by atoms with van der Waals surface area (Å²) in [5.74, 6) is -0.981. The van der Waals surface area contributed by atoms with Crippen LogP contribution in [0.25, 0.3) is 0 Å². The minimum Gasteiger partial charge on any atom is -0.325 e. The molecule has 1 saturated heterocycles. The van der Waals surface area contributed by atoms with E-state index in [4.69, 9.17) is 0 Å². The van der Waals surface area contributed by atoms with Gasteiger partial charge < -0.3 is 10.6 Å². The van der Waals surface area contributed by atoms with Crippen molar-refractivity contribution in [2.75, 3.05) is 5.32 Å². The summed E-state index contributed by atoms with van der Waals surface area (Å²) < 4.78 is 28.2. The minimum atomic E-state index is -3.91. The van der Waals surface area contributed by atoms with Gasteiger partial charge in [-0.3, -0.25) is 14.9 Å². The Morgan fingerprint density at radius 2 is 1.76 bits per heavy atom. The second-order valence-corrected chi connectivity index (χ2v) is 10.4.